The van der Waals surface area contributed by atoms with Crippen LogP contribution < -0.4 is 5.32 Å². The zero-order chi connectivity index (χ0) is 16.3. The minimum absolute atomic E-state index is 0.0469. The molecule has 0 atom stereocenters. The number of carbonyl (C=O) groups is 2. The summed E-state index contributed by atoms with van der Waals surface area (Å²) in [6, 6.07) is 0. The van der Waals surface area contributed by atoms with Crippen molar-refractivity contribution in [3.8, 4) is 0 Å². The van der Waals surface area contributed by atoms with E-state index in [0.29, 0.717) is 30.5 Å². The number of carbonyl (C=O) groups excluding carboxylic acids is 2. The van der Waals surface area contributed by atoms with E-state index in [2.05, 4.69) is 11.9 Å². The standard InChI is InChI=1S/C14H19N3O4S/c1-3-5-11-12(4-2)22(20,21)17(14(11)19)10-13(18)16-8-6-15-7-9-16/h3-5,15H,1,6-10H2,2H3/b11-5+,12-4+. The van der Waals surface area contributed by atoms with E-state index >= 15 is 0 Å². The van der Waals surface area contributed by atoms with Crippen LogP contribution in [0.1, 0.15) is 6.92 Å². The molecule has 0 aromatic carbocycles. The zero-order valence-corrected chi connectivity index (χ0v) is 13.2. The van der Waals surface area contributed by atoms with Crippen molar-refractivity contribution in [2.45, 2.75) is 6.92 Å². The highest BCUT2D eigenvalue weighted by atomic mass is 32.2. The molecule has 2 rings (SSSR count). The summed E-state index contributed by atoms with van der Waals surface area (Å²) in [5.41, 5.74) is 0.0469. The van der Waals surface area contributed by atoms with Gasteiger partial charge in [0.15, 0.2) is 0 Å². The maximum Gasteiger partial charge on any atom is 0.269 e. The molecule has 0 aliphatic carbocycles. The van der Waals surface area contributed by atoms with Gasteiger partial charge in [0, 0.05) is 26.2 Å². The van der Waals surface area contributed by atoms with Crippen molar-refractivity contribution in [1.29, 1.82) is 0 Å². The number of rotatable bonds is 3. The largest absolute Gasteiger partial charge is 0.339 e. The lowest BCUT2D eigenvalue weighted by Crippen LogP contribution is -2.50. The predicted molar refractivity (Wildman–Crippen MR) is 82.1 cm³/mol. The molecule has 22 heavy (non-hydrogen) atoms. The van der Waals surface area contributed by atoms with Crippen molar-refractivity contribution in [3.05, 3.63) is 35.3 Å². The van der Waals surface area contributed by atoms with Crippen LogP contribution in [0.3, 0.4) is 0 Å². The molecule has 1 N–H and O–H groups in total. The van der Waals surface area contributed by atoms with Crippen LogP contribution in [0.4, 0.5) is 0 Å². The molecular weight excluding hydrogens is 306 g/mol. The third-order valence-electron chi connectivity index (χ3n) is 3.59. The molecule has 0 unspecified atom stereocenters. The maximum absolute atomic E-state index is 12.4. The second-order valence-electron chi connectivity index (χ2n) is 4.92. The molecule has 2 saturated heterocycles. The fraction of sp³-hybridized carbons (Fsp3) is 0.429. The van der Waals surface area contributed by atoms with Crippen LogP contribution in [0.2, 0.25) is 0 Å². The van der Waals surface area contributed by atoms with E-state index < -0.39 is 22.5 Å². The van der Waals surface area contributed by atoms with Gasteiger partial charge in [-0.1, -0.05) is 18.7 Å². The molecule has 0 spiro atoms. The molecule has 0 radical (unpaired) electrons. The monoisotopic (exact) mass is 325 g/mol. The number of sulfonamides is 1. The summed E-state index contributed by atoms with van der Waals surface area (Å²) < 4.78 is 25.5. The van der Waals surface area contributed by atoms with Crippen LogP contribution in [-0.2, 0) is 19.6 Å². The fourth-order valence-electron chi connectivity index (χ4n) is 2.48. The first-order valence-electron chi connectivity index (χ1n) is 6.98. The number of amides is 2. The highest BCUT2D eigenvalue weighted by Crippen LogP contribution is 2.31. The summed E-state index contributed by atoms with van der Waals surface area (Å²) in [5.74, 6) is -1.05. The first kappa shape index (κ1) is 16.4. The Morgan fingerprint density at radius 1 is 1.36 bits per heavy atom. The molecule has 7 nitrogen and oxygen atoms in total. The van der Waals surface area contributed by atoms with Crippen molar-refractivity contribution in [2.24, 2.45) is 0 Å². The van der Waals surface area contributed by atoms with Gasteiger partial charge in [-0.2, -0.15) is 0 Å². The second-order valence-corrected chi connectivity index (χ2v) is 6.75. The Labute approximate surface area is 130 Å². The molecule has 0 aromatic heterocycles. The smallest absolute Gasteiger partial charge is 0.269 e. The van der Waals surface area contributed by atoms with E-state index in [4.69, 9.17) is 0 Å². The van der Waals surface area contributed by atoms with Crippen LogP contribution in [0.5, 0.6) is 0 Å². The van der Waals surface area contributed by atoms with Gasteiger partial charge in [0.1, 0.15) is 6.54 Å². The zero-order valence-electron chi connectivity index (χ0n) is 12.4. The summed E-state index contributed by atoms with van der Waals surface area (Å²) in [6.07, 6.45) is 4.07. The average molecular weight is 325 g/mol. The van der Waals surface area contributed by atoms with Crippen LogP contribution in [0.15, 0.2) is 35.3 Å². The molecule has 2 aliphatic heterocycles. The van der Waals surface area contributed by atoms with Gasteiger partial charge in [0.25, 0.3) is 15.9 Å². The van der Waals surface area contributed by atoms with Crippen molar-refractivity contribution >= 4 is 21.8 Å². The first-order chi connectivity index (χ1) is 10.4. The Hall–Kier alpha value is -1.93. The maximum atomic E-state index is 12.4. The number of nitrogens with zero attached hydrogens (tertiary/aromatic N) is 2. The van der Waals surface area contributed by atoms with Gasteiger partial charge in [-0.15, -0.1) is 0 Å². The molecule has 2 amide bonds. The Morgan fingerprint density at radius 2 is 2.00 bits per heavy atom. The van der Waals surface area contributed by atoms with E-state index in [9.17, 15) is 18.0 Å². The number of piperazine rings is 1. The summed E-state index contributed by atoms with van der Waals surface area (Å²) in [4.78, 5) is 26.0. The lowest BCUT2D eigenvalue weighted by Gasteiger charge is -2.28. The van der Waals surface area contributed by atoms with Crippen molar-refractivity contribution in [3.63, 3.8) is 0 Å². The summed E-state index contributed by atoms with van der Waals surface area (Å²) >= 11 is 0. The van der Waals surface area contributed by atoms with Crippen LogP contribution in [0, 0.1) is 0 Å². The quantitative estimate of drug-likeness (QED) is 0.714. The number of hydrogen-bond acceptors (Lipinski definition) is 5. The molecule has 0 bridgehead atoms. The molecule has 0 aromatic rings. The Kier molecular flexibility index (Phi) is 4.82. The Bertz CT molecular complexity index is 658. The normalized spacial score (nSPS) is 25.0. The van der Waals surface area contributed by atoms with Crippen molar-refractivity contribution in [2.75, 3.05) is 32.7 Å². The third-order valence-corrected chi connectivity index (χ3v) is 5.47. The van der Waals surface area contributed by atoms with Gasteiger partial charge in [0.2, 0.25) is 5.91 Å². The molecular formula is C14H19N3O4S. The van der Waals surface area contributed by atoms with Crippen LogP contribution in [0.25, 0.3) is 0 Å². The van der Waals surface area contributed by atoms with E-state index in [-0.39, 0.29) is 16.4 Å². The molecule has 2 fully saturated rings. The van der Waals surface area contributed by atoms with E-state index in [1.165, 1.54) is 18.2 Å². The fourth-order valence-corrected chi connectivity index (χ4v) is 4.04. The highest BCUT2D eigenvalue weighted by molar-refractivity contribution is 7.94. The van der Waals surface area contributed by atoms with Crippen molar-refractivity contribution < 1.29 is 18.0 Å². The van der Waals surface area contributed by atoms with Gasteiger partial charge in [-0.3, -0.25) is 9.59 Å². The van der Waals surface area contributed by atoms with E-state index in [0.717, 1.165) is 0 Å². The van der Waals surface area contributed by atoms with Gasteiger partial charge >= 0.3 is 0 Å². The summed E-state index contributed by atoms with van der Waals surface area (Å²) in [5, 5.41) is 3.11. The number of allylic oxidation sites excluding steroid dienone is 3. The summed E-state index contributed by atoms with van der Waals surface area (Å²) in [7, 11) is -3.97. The van der Waals surface area contributed by atoms with Gasteiger partial charge < -0.3 is 10.2 Å². The first-order valence-corrected chi connectivity index (χ1v) is 8.42. The molecule has 2 aliphatic rings. The van der Waals surface area contributed by atoms with Crippen LogP contribution in [-0.4, -0.2) is 62.2 Å². The van der Waals surface area contributed by atoms with Crippen molar-refractivity contribution in [1.82, 2.24) is 14.5 Å². The Balaban J connectivity index is 2.27. The second kappa shape index (κ2) is 6.45. The van der Waals surface area contributed by atoms with Gasteiger partial charge in [-0.05, 0) is 13.0 Å². The summed E-state index contributed by atoms with van der Waals surface area (Å²) in [6.45, 7) is 6.89. The lowest BCUT2D eigenvalue weighted by molar-refractivity contribution is -0.135. The van der Waals surface area contributed by atoms with E-state index in [1.807, 2.05) is 0 Å². The SMILES string of the molecule is C=C/C=C1/C(=O)N(CC(=O)N2CCNCC2)S(=O)(=O)/C1=C/C. The molecule has 2 heterocycles. The average Bonchev–Trinajstić information content (AvgIpc) is 2.68. The molecule has 120 valence electrons. The van der Waals surface area contributed by atoms with E-state index in [1.54, 1.807) is 11.8 Å². The topological polar surface area (TPSA) is 86.8 Å². The van der Waals surface area contributed by atoms with Crippen LogP contribution >= 0.6 is 0 Å². The Morgan fingerprint density at radius 3 is 2.55 bits per heavy atom. The molecule has 0 saturated carbocycles. The minimum Gasteiger partial charge on any atom is -0.339 e. The van der Waals surface area contributed by atoms with Gasteiger partial charge in [0.05, 0.1) is 10.5 Å². The van der Waals surface area contributed by atoms with Gasteiger partial charge in [-0.25, -0.2) is 12.7 Å². The predicted octanol–water partition coefficient (Wildman–Crippen LogP) is -0.394. The third kappa shape index (κ3) is 2.84. The number of nitrogens with one attached hydrogen (secondary N) is 1. The molecule has 8 heteroatoms. The minimum atomic E-state index is -3.97. The highest BCUT2D eigenvalue weighted by Gasteiger charge is 2.44. The lowest BCUT2D eigenvalue weighted by atomic mass is 10.2. The number of hydrogen-bond donors (Lipinski definition) is 1.